The Bertz CT molecular complexity index is 378. The van der Waals surface area contributed by atoms with E-state index in [4.69, 9.17) is 5.73 Å². The summed E-state index contributed by atoms with van der Waals surface area (Å²) in [5, 5.41) is 0. The fourth-order valence-corrected chi connectivity index (χ4v) is 2.54. The molecule has 0 amide bonds. The highest BCUT2D eigenvalue weighted by atomic mass is 79.9. The zero-order valence-electron chi connectivity index (χ0n) is 9.91. The minimum atomic E-state index is 0.366. The largest absolute Gasteiger partial charge is 0.371 e. The molecule has 16 heavy (non-hydrogen) atoms. The molecule has 2 N–H and O–H groups in total. The molecule has 0 aliphatic carbocycles. The molecule has 2 unspecified atom stereocenters. The van der Waals surface area contributed by atoms with Gasteiger partial charge in [-0.1, -0.05) is 28.9 Å². The first-order valence-electron chi connectivity index (χ1n) is 5.84. The SMILES string of the molecule is Cc1ccc(N2CCC(N)C(C)C2)cc1Br. The van der Waals surface area contributed by atoms with Crippen LogP contribution in [-0.2, 0) is 0 Å². The summed E-state index contributed by atoms with van der Waals surface area (Å²) in [6.07, 6.45) is 1.09. The van der Waals surface area contributed by atoms with Crippen LogP contribution in [0.1, 0.15) is 18.9 Å². The van der Waals surface area contributed by atoms with Gasteiger partial charge in [0.1, 0.15) is 0 Å². The normalized spacial score (nSPS) is 25.9. The van der Waals surface area contributed by atoms with Gasteiger partial charge in [0.2, 0.25) is 0 Å². The molecule has 3 heteroatoms. The number of hydrogen-bond donors (Lipinski definition) is 1. The third-order valence-corrected chi connectivity index (χ3v) is 4.35. The summed E-state index contributed by atoms with van der Waals surface area (Å²) < 4.78 is 1.19. The summed E-state index contributed by atoms with van der Waals surface area (Å²) in [7, 11) is 0. The highest BCUT2D eigenvalue weighted by molar-refractivity contribution is 9.10. The maximum Gasteiger partial charge on any atom is 0.0377 e. The predicted molar refractivity (Wildman–Crippen MR) is 72.8 cm³/mol. The number of anilines is 1. The lowest BCUT2D eigenvalue weighted by atomic mass is 9.94. The van der Waals surface area contributed by atoms with Crippen LogP contribution >= 0.6 is 15.9 Å². The topological polar surface area (TPSA) is 29.3 Å². The standard InChI is InChI=1S/C13H19BrN2/c1-9-3-4-11(7-12(9)14)16-6-5-13(15)10(2)8-16/h3-4,7,10,13H,5-6,8,15H2,1-2H3. The average Bonchev–Trinajstić information content (AvgIpc) is 2.26. The van der Waals surface area contributed by atoms with Crippen molar-refractivity contribution in [3.63, 3.8) is 0 Å². The van der Waals surface area contributed by atoms with Crippen molar-refractivity contribution < 1.29 is 0 Å². The summed E-state index contributed by atoms with van der Waals surface area (Å²) in [4.78, 5) is 2.43. The molecule has 1 aromatic rings. The highest BCUT2D eigenvalue weighted by Gasteiger charge is 2.23. The minimum absolute atomic E-state index is 0.366. The van der Waals surface area contributed by atoms with Crippen molar-refractivity contribution >= 4 is 21.6 Å². The molecule has 1 heterocycles. The molecule has 1 fully saturated rings. The van der Waals surface area contributed by atoms with Gasteiger partial charge in [-0.3, -0.25) is 0 Å². The van der Waals surface area contributed by atoms with Crippen LogP contribution in [0.3, 0.4) is 0 Å². The van der Waals surface area contributed by atoms with E-state index in [0.717, 1.165) is 19.5 Å². The van der Waals surface area contributed by atoms with Crippen molar-refractivity contribution in [3.8, 4) is 0 Å². The van der Waals surface area contributed by atoms with Crippen molar-refractivity contribution in [3.05, 3.63) is 28.2 Å². The predicted octanol–water partition coefficient (Wildman–Crippen LogP) is 2.93. The second-order valence-corrected chi connectivity index (χ2v) is 5.66. The van der Waals surface area contributed by atoms with Crippen molar-refractivity contribution in [2.75, 3.05) is 18.0 Å². The number of benzene rings is 1. The van der Waals surface area contributed by atoms with Gasteiger partial charge < -0.3 is 10.6 Å². The molecule has 1 aliphatic heterocycles. The molecule has 0 aromatic heterocycles. The highest BCUT2D eigenvalue weighted by Crippen LogP contribution is 2.27. The monoisotopic (exact) mass is 282 g/mol. The maximum atomic E-state index is 6.04. The van der Waals surface area contributed by atoms with Crippen molar-refractivity contribution in [1.82, 2.24) is 0 Å². The Balaban J connectivity index is 2.15. The molecule has 0 radical (unpaired) electrons. The van der Waals surface area contributed by atoms with Gasteiger partial charge in [0.25, 0.3) is 0 Å². The van der Waals surface area contributed by atoms with E-state index >= 15 is 0 Å². The third kappa shape index (κ3) is 2.41. The van der Waals surface area contributed by atoms with E-state index in [1.165, 1.54) is 15.7 Å². The lowest BCUT2D eigenvalue weighted by Crippen LogP contribution is -2.45. The van der Waals surface area contributed by atoms with E-state index < -0.39 is 0 Å². The van der Waals surface area contributed by atoms with E-state index in [2.05, 4.69) is 52.9 Å². The molecular formula is C13H19BrN2. The first kappa shape index (κ1) is 11.9. The molecule has 1 aliphatic rings. The average molecular weight is 283 g/mol. The summed E-state index contributed by atoms with van der Waals surface area (Å²) in [5.41, 5.74) is 8.62. The molecule has 1 aromatic carbocycles. The zero-order valence-corrected chi connectivity index (χ0v) is 11.5. The van der Waals surface area contributed by atoms with Crippen LogP contribution in [0, 0.1) is 12.8 Å². The lowest BCUT2D eigenvalue weighted by molar-refractivity contribution is 0.383. The van der Waals surface area contributed by atoms with Crippen LogP contribution in [0.2, 0.25) is 0 Å². The van der Waals surface area contributed by atoms with E-state index in [1.54, 1.807) is 0 Å². The summed E-state index contributed by atoms with van der Waals surface area (Å²) >= 11 is 3.59. The number of piperidine rings is 1. The Hall–Kier alpha value is -0.540. The van der Waals surface area contributed by atoms with Crippen LogP contribution in [0.4, 0.5) is 5.69 Å². The van der Waals surface area contributed by atoms with E-state index in [-0.39, 0.29) is 0 Å². The van der Waals surface area contributed by atoms with Gasteiger partial charge in [-0.15, -0.1) is 0 Å². The fraction of sp³-hybridized carbons (Fsp3) is 0.538. The molecular weight excluding hydrogens is 264 g/mol. The summed E-state index contributed by atoms with van der Waals surface area (Å²) in [6, 6.07) is 6.94. The van der Waals surface area contributed by atoms with Crippen molar-refractivity contribution in [2.45, 2.75) is 26.3 Å². The van der Waals surface area contributed by atoms with E-state index in [0.29, 0.717) is 12.0 Å². The molecule has 0 saturated carbocycles. The Morgan fingerprint density at radius 2 is 2.19 bits per heavy atom. The van der Waals surface area contributed by atoms with Crippen LogP contribution in [0.25, 0.3) is 0 Å². The Morgan fingerprint density at radius 1 is 1.44 bits per heavy atom. The van der Waals surface area contributed by atoms with Crippen molar-refractivity contribution in [1.29, 1.82) is 0 Å². The Morgan fingerprint density at radius 3 is 2.81 bits per heavy atom. The number of hydrogen-bond acceptors (Lipinski definition) is 2. The molecule has 88 valence electrons. The van der Waals surface area contributed by atoms with E-state index in [1.807, 2.05) is 0 Å². The van der Waals surface area contributed by atoms with Crippen LogP contribution < -0.4 is 10.6 Å². The first-order chi connectivity index (χ1) is 7.58. The van der Waals surface area contributed by atoms with Gasteiger partial charge in [-0.25, -0.2) is 0 Å². The van der Waals surface area contributed by atoms with Gasteiger partial charge in [-0.05, 0) is 37.0 Å². The summed E-state index contributed by atoms with van der Waals surface area (Å²) in [6.45, 7) is 6.49. The van der Waals surface area contributed by atoms with Gasteiger partial charge >= 0.3 is 0 Å². The van der Waals surface area contributed by atoms with Gasteiger partial charge in [-0.2, -0.15) is 0 Å². The van der Waals surface area contributed by atoms with Gasteiger partial charge in [0, 0.05) is 29.3 Å². The van der Waals surface area contributed by atoms with Gasteiger partial charge in [0.05, 0.1) is 0 Å². The molecule has 0 bridgehead atoms. The zero-order chi connectivity index (χ0) is 11.7. The Labute approximate surface area is 106 Å². The first-order valence-corrected chi connectivity index (χ1v) is 6.64. The van der Waals surface area contributed by atoms with E-state index in [9.17, 15) is 0 Å². The van der Waals surface area contributed by atoms with Crippen LogP contribution in [0.5, 0.6) is 0 Å². The number of nitrogens with two attached hydrogens (primary N) is 1. The van der Waals surface area contributed by atoms with Crippen LogP contribution in [0.15, 0.2) is 22.7 Å². The fourth-order valence-electron chi connectivity index (χ4n) is 2.18. The molecule has 2 rings (SSSR count). The second kappa shape index (κ2) is 4.76. The quantitative estimate of drug-likeness (QED) is 0.858. The Kier molecular flexibility index (Phi) is 3.55. The lowest BCUT2D eigenvalue weighted by Gasteiger charge is -2.36. The number of rotatable bonds is 1. The minimum Gasteiger partial charge on any atom is -0.371 e. The molecule has 2 atom stereocenters. The molecule has 1 saturated heterocycles. The summed E-state index contributed by atoms with van der Waals surface area (Å²) in [5.74, 6) is 0.578. The third-order valence-electron chi connectivity index (χ3n) is 3.49. The molecule has 2 nitrogen and oxygen atoms in total. The van der Waals surface area contributed by atoms with Crippen LogP contribution in [-0.4, -0.2) is 19.1 Å². The molecule has 0 spiro atoms. The van der Waals surface area contributed by atoms with Gasteiger partial charge in [0.15, 0.2) is 0 Å². The maximum absolute atomic E-state index is 6.04. The number of nitrogens with zero attached hydrogens (tertiary/aromatic N) is 1. The smallest absolute Gasteiger partial charge is 0.0377 e. The second-order valence-electron chi connectivity index (χ2n) is 4.81. The number of halogens is 1. The number of aryl methyl sites for hydroxylation is 1. The van der Waals surface area contributed by atoms with Crippen molar-refractivity contribution in [2.24, 2.45) is 11.7 Å².